The summed E-state index contributed by atoms with van der Waals surface area (Å²) in [5, 5.41) is 11.2. The molecule has 1 heterocycles. The van der Waals surface area contributed by atoms with Gasteiger partial charge in [-0.1, -0.05) is 17.7 Å². The van der Waals surface area contributed by atoms with E-state index in [1.165, 1.54) is 54.6 Å². The Balaban J connectivity index is 1.53. The molecule has 0 saturated carbocycles. The first-order valence-corrected chi connectivity index (χ1v) is 9.09. The van der Waals surface area contributed by atoms with Crippen molar-refractivity contribution in [2.75, 3.05) is 0 Å². The lowest BCUT2D eigenvalue weighted by Crippen LogP contribution is -2.08. The van der Waals surface area contributed by atoms with E-state index < -0.39 is 10.9 Å². The average molecular weight is 422 g/mol. The summed E-state index contributed by atoms with van der Waals surface area (Å²) in [6.07, 6.45) is 1.49. The number of non-ortho nitro benzene ring substituents is 1. The second kappa shape index (κ2) is 7.81. The molecule has 1 aliphatic heterocycles. The maximum Gasteiger partial charge on any atom is 0.343 e. The quantitative estimate of drug-likeness (QED) is 0.191. The number of nitro benzene ring substituents is 1. The molecule has 30 heavy (non-hydrogen) atoms. The van der Waals surface area contributed by atoms with Crippen LogP contribution in [-0.4, -0.2) is 16.7 Å². The molecule has 1 aliphatic rings. The van der Waals surface area contributed by atoms with Crippen molar-refractivity contribution < 1.29 is 24.0 Å². The van der Waals surface area contributed by atoms with Gasteiger partial charge in [0.15, 0.2) is 5.76 Å². The van der Waals surface area contributed by atoms with Crippen molar-refractivity contribution in [1.82, 2.24) is 0 Å². The van der Waals surface area contributed by atoms with Crippen molar-refractivity contribution in [1.29, 1.82) is 0 Å². The minimum absolute atomic E-state index is 0.0507. The Morgan fingerprint density at radius 2 is 1.83 bits per heavy atom. The number of hydrogen-bond donors (Lipinski definition) is 0. The van der Waals surface area contributed by atoms with E-state index in [1.807, 2.05) is 0 Å². The summed E-state index contributed by atoms with van der Waals surface area (Å²) in [4.78, 5) is 35.0. The highest BCUT2D eigenvalue weighted by Crippen LogP contribution is 2.35. The summed E-state index contributed by atoms with van der Waals surface area (Å²) in [6.45, 7) is 0. The molecular weight excluding hydrogens is 410 g/mol. The van der Waals surface area contributed by atoms with Crippen LogP contribution in [0.1, 0.15) is 26.3 Å². The molecule has 0 unspecified atom stereocenters. The van der Waals surface area contributed by atoms with Gasteiger partial charge in [0.2, 0.25) is 5.78 Å². The van der Waals surface area contributed by atoms with Gasteiger partial charge in [-0.05, 0) is 54.1 Å². The third kappa shape index (κ3) is 3.92. The largest absolute Gasteiger partial charge is 0.452 e. The lowest BCUT2D eigenvalue weighted by atomic mass is 10.1. The Bertz CT molecular complexity index is 1220. The lowest BCUT2D eigenvalue weighted by molar-refractivity contribution is -0.384. The number of allylic oxidation sites excluding steroid dienone is 1. The van der Waals surface area contributed by atoms with Crippen molar-refractivity contribution in [3.05, 3.63) is 104 Å². The summed E-state index contributed by atoms with van der Waals surface area (Å²) < 4.78 is 10.9. The summed E-state index contributed by atoms with van der Waals surface area (Å²) in [7, 11) is 0. The van der Waals surface area contributed by atoms with Crippen LogP contribution in [0, 0.1) is 10.1 Å². The second-order valence-corrected chi connectivity index (χ2v) is 6.78. The van der Waals surface area contributed by atoms with Crippen molar-refractivity contribution in [3.8, 4) is 11.5 Å². The predicted molar refractivity (Wildman–Crippen MR) is 109 cm³/mol. The molecule has 0 bridgehead atoms. The number of benzene rings is 3. The van der Waals surface area contributed by atoms with Crippen molar-refractivity contribution in [2.45, 2.75) is 0 Å². The number of rotatable bonds is 4. The standard InChI is InChI=1S/C22H12ClNO6/c23-15-3-1-2-14(11-15)22(26)29-17-8-9-18-19(12-17)30-20(21(18)25)10-13-4-6-16(7-5-13)24(27)28/h1-12H/b20-10-. The maximum atomic E-state index is 12.5. The highest BCUT2D eigenvalue weighted by atomic mass is 35.5. The molecule has 3 aromatic carbocycles. The SMILES string of the molecule is O=C(Oc1ccc2c(c1)O/C(=C\c1ccc([N+](=O)[O-])cc1)C2=O)c1cccc(Cl)c1. The number of hydrogen-bond acceptors (Lipinski definition) is 6. The van der Waals surface area contributed by atoms with Crippen LogP contribution in [0.15, 0.2) is 72.5 Å². The summed E-state index contributed by atoms with van der Waals surface area (Å²) >= 11 is 5.89. The van der Waals surface area contributed by atoms with Crippen molar-refractivity contribution in [3.63, 3.8) is 0 Å². The Morgan fingerprint density at radius 1 is 1.07 bits per heavy atom. The summed E-state index contributed by atoms with van der Waals surface area (Å²) in [5.41, 5.74) is 1.14. The van der Waals surface area contributed by atoms with Crippen LogP contribution in [0.2, 0.25) is 5.02 Å². The molecule has 7 nitrogen and oxygen atoms in total. The average Bonchev–Trinajstić information content (AvgIpc) is 3.03. The van der Waals surface area contributed by atoms with E-state index in [0.717, 1.165) is 0 Å². The van der Waals surface area contributed by atoms with E-state index in [0.29, 0.717) is 21.7 Å². The Hall–Kier alpha value is -3.97. The van der Waals surface area contributed by atoms with Gasteiger partial charge in [0.05, 0.1) is 16.1 Å². The maximum absolute atomic E-state index is 12.5. The highest BCUT2D eigenvalue weighted by Gasteiger charge is 2.28. The van der Waals surface area contributed by atoms with Gasteiger partial charge in [-0.25, -0.2) is 4.79 Å². The monoisotopic (exact) mass is 421 g/mol. The molecule has 0 radical (unpaired) electrons. The number of halogens is 1. The Kier molecular flexibility index (Phi) is 5.04. The number of ether oxygens (including phenoxy) is 2. The van der Waals surface area contributed by atoms with Gasteiger partial charge in [0.25, 0.3) is 5.69 Å². The third-order valence-corrected chi connectivity index (χ3v) is 4.55. The van der Waals surface area contributed by atoms with Crippen LogP contribution < -0.4 is 9.47 Å². The number of Topliss-reactive ketones (excluding diaryl/α,β-unsaturated/α-hetero) is 1. The summed E-state index contributed by atoms with van der Waals surface area (Å²) in [6, 6.07) is 16.5. The number of fused-ring (bicyclic) bond motifs is 1. The Labute approximate surface area is 175 Å². The number of carbonyl (C=O) groups excluding carboxylic acids is 2. The molecule has 3 aromatic rings. The molecule has 8 heteroatoms. The van der Waals surface area contributed by atoms with E-state index >= 15 is 0 Å². The molecular formula is C22H12ClNO6. The van der Waals surface area contributed by atoms with Gasteiger partial charge in [0, 0.05) is 23.2 Å². The van der Waals surface area contributed by atoms with Gasteiger partial charge in [-0.2, -0.15) is 0 Å². The first-order chi connectivity index (χ1) is 14.4. The van der Waals surface area contributed by atoms with Crippen LogP contribution in [0.5, 0.6) is 11.5 Å². The zero-order chi connectivity index (χ0) is 21.3. The van der Waals surface area contributed by atoms with E-state index in [9.17, 15) is 19.7 Å². The molecule has 0 amide bonds. The zero-order valence-corrected chi connectivity index (χ0v) is 16.0. The van der Waals surface area contributed by atoms with Crippen LogP contribution >= 0.6 is 11.6 Å². The molecule has 0 fully saturated rings. The number of nitrogens with zero attached hydrogens (tertiary/aromatic N) is 1. The number of carbonyl (C=O) groups is 2. The molecule has 0 aromatic heterocycles. The number of nitro groups is 1. The van der Waals surface area contributed by atoms with Gasteiger partial charge >= 0.3 is 5.97 Å². The van der Waals surface area contributed by atoms with Crippen LogP contribution in [-0.2, 0) is 0 Å². The first kappa shape index (κ1) is 19.4. The molecule has 148 valence electrons. The normalized spacial score (nSPS) is 13.6. The smallest absolute Gasteiger partial charge is 0.343 e. The fourth-order valence-electron chi connectivity index (χ4n) is 2.86. The minimum Gasteiger partial charge on any atom is -0.452 e. The van der Waals surface area contributed by atoms with Gasteiger partial charge < -0.3 is 9.47 Å². The highest BCUT2D eigenvalue weighted by molar-refractivity contribution is 6.30. The van der Waals surface area contributed by atoms with Crippen LogP contribution in [0.25, 0.3) is 6.08 Å². The van der Waals surface area contributed by atoms with Crippen molar-refractivity contribution >= 4 is 35.1 Å². The molecule has 0 N–H and O–H groups in total. The Morgan fingerprint density at radius 3 is 2.53 bits per heavy atom. The van der Waals surface area contributed by atoms with Gasteiger partial charge in [-0.15, -0.1) is 0 Å². The minimum atomic E-state index is -0.594. The van der Waals surface area contributed by atoms with Gasteiger partial charge in [-0.3, -0.25) is 14.9 Å². The zero-order valence-electron chi connectivity index (χ0n) is 15.2. The molecule has 4 rings (SSSR count). The van der Waals surface area contributed by atoms with E-state index in [4.69, 9.17) is 21.1 Å². The first-order valence-electron chi connectivity index (χ1n) is 8.71. The number of ketones is 1. The molecule has 0 aliphatic carbocycles. The fraction of sp³-hybridized carbons (Fsp3) is 0. The van der Waals surface area contributed by atoms with Crippen molar-refractivity contribution in [2.24, 2.45) is 0 Å². The summed E-state index contributed by atoms with van der Waals surface area (Å²) in [5.74, 6) is -0.399. The molecule has 0 spiro atoms. The molecule has 0 saturated heterocycles. The van der Waals surface area contributed by atoms with E-state index in [2.05, 4.69) is 0 Å². The predicted octanol–water partition coefficient (Wildman–Crippen LogP) is 5.08. The number of esters is 1. The topological polar surface area (TPSA) is 95.7 Å². The fourth-order valence-corrected chi connectivity index (χ4v) is 3.05. The molecule has 0 atom stereocenters. The van der Waals surface area contributed by atoms with Crippen LogP contribution in [0.4, 0.5) is 5.69 Å². The second-order valence-electron chi connectivity index (χ2n) is 6.35. The van der Waals surface area contributed by atoms with E-state index in [1.54, 1.807) is 18.2 Å². The van der Waals surface area contributed by atoms with E-state index in [-0.39, 0.29) is 28.7 Å². The third-order valence-electron chi connectivity index (χ3n) is 4.31. The van der Waals surface area contributed by atoms with Gasteiger partial charge in [0.1, 0.15) is 11.5 Å². The van der Waals surface area contributed by atoms with Crippen LogP contribution in [0.3, 0.4) is 0 Å². The lowest BCUT2D eigenvalue weighted by Gasteiger charge is -2.06.